The van der Waals surface area contributed by atoms with Gasteiger partial charge in [-0.3, -0.25) is 4.79 Å². The summed E-state index contributed by atoms with van der Waals surface area (Å²) in [6, 6.07) is 9.45. The third kappa shape index (κ3) is 9.81. The van der Waals surface area contributed by atoms with Gasteiger partial charge in [0.1, 0.15) is 0 Å². The van der Waals surface area contributed by atoms with E-state index in [2.05, 4.69) is 29.1 Å². The molecule has 0 unspecified atom stereocenters. The fraction of sp³-hybridized carbons (Fsp3) is 0.387. The molecule has 0 bridgehead atoms. The highest BCUT2D eigenvalue weighted by molar-refractivity contribution is 5.96. The van der Waals surface area contributed by atoms with Gasteiger partial charge in [-0.15, -0.1) is 6.58 Å². The molecule has 0 radical (unpaired) electrons. The summed E-state index contributed by atoms with van der Waals surface area (Å²) < 4.78 is 27.7. The molecule has 1 amide bonds. The van der Waals surface area contributed by atoms with Gasteiger partial charge in [0.05, 0.1) is 17.1 Å². The molecule has 5 N–H and O–H groups in total. The zero-order valence-corrected chi connectivity index (χ0v) is 23.4. The lowest BCUT2D eigenvalue weighted by atomic mass is 10.0. The van der Waals surface area contributed by atoms with Gasteiger partial charge < -0.3 is 31.1 Å². The molecule has 1 heterocycles. The number of aliphatic hydroxyl groups excluding tert-OH is 1. The largest absolute Gasteiger partial charge is 0.389 e. The monoisotopic (exact) mass is 556 g/mol. The van der Waals surface area contributed by atoms with E-state index in [1.54, 1.807) is 11.0 Å². The molecular formula is C31H42F2N4O3. The topological polar surface area (TPSA) is 96.9 Å². The maximum Gasteiger partial charge on any atom is 0.297 e. The Morgan fingerprint density at radius 1 is 1.18 bits per heavy atom. The van der Waals surface area contributed by atoms with Crippen LogP contribution in [0.15, 0.2) is 96.7 Å². The quantitative estimate of drug-likeness (QED) is 0.0858. The number of aliphatic hydroxyl groups is 2. The number of halogens is 2. The number of carbonyl (C=O) groups excluding carboxylic acids is 1. The first-order chi connectivity index (χ1) is 19.1. The van der Waals surface area contributed by atoms with Crippen molar-refractivity contribution in [3.63, 3.8) is 0 Å². The Labute approximate surface area is 236 Å². The van der Waals surface area contributed by atoms with E-state index in [-0.39, 0.29) is 24.3 Å². The van der Waals surface area contributed by atoms with Crippen molar-refractivity contribution in [2.24, 2.45) is 0 Å². The number of benzene rings is 1. The Morgan fingerprint density at radius 3 is 2.52 bits per heavy atom. The summed E-state index contributed by atoms with van der Waals surface area (Å²) in [6.07, 6.45) is 7.89. The van der Waals surface area contributed by atoms with Gasteiger partial charge in [0.15, 0.2) is 0 Å². The van der Waals surface area contributed by atoms with Crippen molar-refractivity contribution < 1.29 is 23.8 Å². The summed E-state index contributed by atoms with van der Waals surface area (Å²) in [5.74, 6) is -3.82. The van der Waals surface area contributed by atoms with E-state index >= 15 is 0 Å². The molecule has 0 spiro atoms. The van der Waals surface area contributed by atoms with Gasteiger partial charge in [-0.25, -0.2) is 8.78 Å². The fourth-order valence-electron chi connectivity index (χ4n) is 4.09. The maximum absolute atomic E-state index is 13.8. The van der Waals surface area contributed by atoms with Crippen molar-refractivity contribution in [1.29, 1.82) is 0 Å². The van der Waals surface area contributed by atoms with Crippen molar-refractivity contribution in [3.8, 4) is 0 Å². The summed E-state index contributed by atoms with van der Waals surface area (Å²) in [6.45, 7) is 13.1. The predicted molar refractivity (Wildman–Crippen MR) is 156 cm³/mol. The first kappa shape index (κ1) is 32.5. The second-order valence-electron chi connectivity index (χ2n) is 9.35. The zero-order valence-electron chi connectivity index (χ0n) is 23.4. The Hall–Kier alpha value is -3.69. The van der Waals surface area contributed by atoms with Crippen LogP contribution >= 0.6 is 0 Å². The molecule has 40 heavy (non-hydrogen) atoms. The minimum absolute atomic E-state index is 0.00193. The highest BCUT2D eigenvalue weighted by Crippen LogP contribution is 2.30. The zero-order chi connectivity index (χ0) is 29.5. The highest BCUT2D eigenvalue weighted by atomic mass is 19.3. The van der Waals surface area contributed by atoms with Crippen molar-refractivity contribution in [3.05, 3.63) is 102 Å². The van der Waals surface area contributed by atoms with Crippen molar-refractivity contribution >= 4 is 11.6 Å². The number of hydrogen-bond donors (Lipinski definition) is 5. The number of hydrogen-bond acceptors (Lipinski definition) is 6. The molecule has 1 aromatic carbocycles. The Morgan fingerprint density at radius 2 is 1.90 bits per heavy atom. The molecule has 1 aliphatic heterocycles. The van der Waals surface area contributed by atoms with E-state index in [1.807, 2.05) is 68.6 Å². The third-order valence-electron chi connectivity index (χ3n) is 6.36. The second kappa shape index (κ2) is 16.4. The maximum atomic E-state index is 13.8. The van der Waals surface area contributed by atoms with E-state index in [4.69, 9.17) is 10.2 Å². The van der Waals surface area contributed by atoms with Crippen LogP contribution in [0.3, 0.4) is 0 Å². The average molecular weight is 557 g/mol. The Bertz CT molecular complexity index is 1120. The number of carbonyl (C=O) groups is 1. The molecule has 0 saturated heterocycles. The number of amides is 1. The van der Waals surface area contributed by atoms with Crippen molar-refractivity contribution in [2.75, 3.05) is 19.6 Å². The van der Waals surface area contributed by atoms with E-state index in [9.17, 15) is 13.6 Å². The van der Waals surface area contributed by atoms with Crippen LogP contribution < -0.4 is 16.0 Å². The first-order valence-corrected chi connectivity index (χ1v) is 13.6. The van der Waals surface area contributed by atoms with Gasteiger partial charge in [0.25, 0.3) is 11.8 Å². The molecule has 218 valence electrons. The number of alkyl halides is 2. The van der Waals surface area contributed by atoms with Gasteiger partial charge in [0.2, 0.25) is 6.29 Å². The molecule has 0 fully saturated rings. The van der Waals surface area contributed by atoms with E-state index in [0.29, 0.717) is 36.7 Å². The van der Waals surface area contributed by atoms with E-state index in [0.717, 1.165) is 24.1 Å². The normalized spacial score (nSPS) is 15.9. The first-order valence-electron chi connectivity index (χ1n) is 13.6. The summed E-state index contributed by atoms with van der Waals surface area (Å²) in [5, 5.41) is 27.8. The number of likely N-dealkylation sites (N-methyl/N-ethyl adjacent to an activating group) is 1. The SMILES string of the molecule is C=CCC/C=C/NCCN(CC)C(=O)C(=C)/C=C1/NC(CCCC(F)(F)C(O)O)=C(c2ccccc2)N/C1=C/C. The van der Waals surface area contributed by atoms with Crippen LogP contribution in [0.2, 0.25) is 0 Å². The van der Waals surface area contributed by atoms with Crippen LogP contribution in [0.25, 0.3) is 5.70 Å². The van der Waals surface area contributed by atoms with Crippen LogP contribution in [-0.4, -0.2) is 52.9 Å². The molecule has 2 rings (SSSR count). The Balaban J connectivity index is 2.20. The van der Waals surface area contributed by atoms with Gasteiger partial charge >= 0.3 is 0 Å². The van der Waals surface area contributed by atoms with Crippen LogP contribution in [0, 0.1) is 0 Å². The lowest BCUT2D eigenvalue weighted by Crippen LogP contribution is -2.37. The van der Waals surface area contributed by atoms with E-state index < -0.39 is 18.6 Å². The summed E-state index contributed by atoms with van der Waals surface area (Å²) in [4.78, 5) is 14.9. The average Bonchev–Trinajstić information content (AvgIpc) is 2.94. The van der Waals surface area contributed by atoms with Crippen LogP contribution in [0.5, 0.6) is 0 Å². The van der Waals surface area contributed by atoms with Crippen molar-refractivity contribution in [1.82, 2.24) is 20.9 Å². The minimum atomic E-state index is -3.61. The molecule has 0 saturated carbocycles. The van der Waals surface area contributed by atoms with Crippen LogP contribution in [0.1, 0.15) is 51.5 Å². The van der Waals surface area contributed by atoms with Crippen LogP contribution in [-0.2, 0) is 4.79 Å². The lowest BCUT2D eigenvalue weighted by Gasteiger charge is -2.30. The van der Waals surface area contributed by atoms with Crippen molar-refractivity contribution in [2.45, 2.75) is 58.2 Å². The van der Waals surface area contributed by atoms with Gasteiger partial charge in [-0.1, -0.05) is 55.1 Å². The predicted octanol–water partition coefficient (Wildman–Crippen LogP) is 4.93. The standard InChI is InChI=1S/C31H42F2N4O3/c1-5-8-9-13-19-34-20-21-37(7-3)29(38)23(4)22-27-25(6-2)36-28(24-15-11-10-12-16-24)26(35-27)17-14-18-31(32,33)30(39)40/h5-6,10-13,15-16,19,22,30,34-36,39-40H,1,4,7-9,14,17-18,20-21H2,2-3H3/b19-13+,25-6+,27-22+. The number of unbranched alkanes of at least 4 members (excludes halogenated alkanes) is 1. The number of allylic oxidation sites excluding steroid dienone is 4. The molecule has 1 aromatic rings. The molecule has 0 atom stereocenters. The van der Waals surface area contributed by atoms with Crippen LogP contribution in [0.4, 0.5) is 8.78 Å². The molecular weight excluding hydrogens is 514 g/mol. The van der Waals surface area contributed by atoms with E-state index in [1.165, 1.54) is 0 Å². The second-order valence-corrected chi connectivity index (χ2v) is 9.35. The lowest BCUT2D eigenvalue weighted by molar-refractivity contribution is -0.211. The fourth-order valence-corrected chi connectivity index (χ4v) is 4.09. The molecule has 0 aromatic heterocycles. The summed E-state index contributed by atoms with van der Waals surface area (Å²) in [5.41, 5.74) is 3.80. The molecule has 0 aliphatic carbocycles. The number of rotatable bonds is 16. The van der Waals surface area contributed by atoms with Gasteiger partial charge in [0, 0.05) is 37.3 Å². The summed E-state index contributed by atoms with van der Waals surface area (Å²) >= 11 is 0. The molecule has 7 nitrogen and oxygen atoms in total. The highest BCUT2D eigenvalue weighted by Gasteiger charge is 2.36. The molecule has 1 aliphatic rings. The van der Waals surface area contributed by atoms with Gasteiger partial charge in [-0.2, -0.15) is 0 Å². The smallest absolute Gasteiger partial charge is 0.297 e. The summed E-state index contributed by atoms with van der Waals surface area (Å²) in [7, 11) is 0. The minimum Gasteiger partial charge on any atom is -0.389 e. The van der Waals surface area contributed by atoms with Gasteiger partial charge in [-0.05, 0) is 57.4 Å². The number of nitrogens with zero attached hydrogens (tertiary/aromatic N) is 1. The Kier molecular flexibility index (Phi) is 13.4. The third-order valence-corrected chi connectivity index (χ3v) is 6.36. The molecule has 9 heteroatoms. The number of nitrogens with one attached hydrogen (secondary N) is 3.